The van der Waals surface area contributed by atoms with Gasteiger partial charge in [-0.15, -0.1) is 0 Å². The van der Waals surface area contributed by atoms with Crippen molar-refractivity contribution in [3.8, 4) is 0 Å². The van der Waals surface area contributed by atoms with Crippen LogP contribution in [0.25, 0.3) is 11.1 Å². The molecule has 4 nitrogen and oxygen atoms in total. The summed E-state index contributed by atoms with van der Waals surface area (Å²) in [5, 5.41) is 0. The molecule has 1 aromatic carbocycles. The fourth-order valence-electron chi connectivity index (χ4n) is 1.78. The Labute approximate surface area is 111 Å². The number of aryl methyl sites for hydroxylation is 1. The second kappa shape index (κ2) is 5.44. The van der Waals surface area contributed by atoms with E-state index in [1.807, 2.05) is 25.1 Å². The maximum Gasteiger partial charge on any atom is 0.232 e. The summed E-state index contributed by atoms with van der Waals surface area (Å²) in [6, 6.07) is 5.94. The number of rotatable bonds is 4. The van der Waals surface area contributed by atoms with Crippen LogP contribution in [-0.4, -0.2) is 35.1 Å². The van der Waals surface area contributed by atoms with Crippen molar-refractivity contribution >= 4 is 29.6 Å². The Morgan fingerprint density at radius 1 is 1.50 bits per heavy atom. The molecule has 1 heterocycles. The summed E-state index contributed by atoms with van der Waals surface area (Å²) in [5.74, 6) is 0.955. The van der Waals surface area contributed by atoms with Gasteiger partial charge in [0, 0.05) is 20.5 Å². The van der Waals surface area contributed by atoms with E-state index in [0.717, 1.165) is 23.1 Å². The molecule has 0 atom stereocenters. The number of benzene rings is 1. The zero-order chi connectivity index (χ0) is 13.1. The van der Waals surface area contributed by atoms with Gasteiger partial charge in [0.05, 0.1) is 5.75 Å². The molecule has 2 aromatic rings. The molecule has 0 saturated carbocycles. The topological polar surface area (TPSA) is 46.3 Å². The molecule has 5 heteroatoms. The van der Waals surface area contributed by atoms with E-state index in [1.165, 1.54) is 0 Å². The van der Waals surface area contributed by atoms with E-state index < -0.39 is 0 Å². The van der Waals surface area contributed by atoms with E-state index in [4.69, 9.17) is 4.42 Å². The molecule has 0 radical (unpaired) electrons. The van der Waals surface area contributed by atoms with Gasteiger partial charge in [0.25, 0.3) is 0 Å². The molecule has 0 fully saturated rings. The van der Waals surface area contributed by atoms with Crippen molar-refractivity contribution in [1.29, 1.82) is 0 Å². The van der Waals surface area contributed by atoms with Gasteiger partial charge in [-0.05, 0) is 24.1 Å². The maximum absolute atomic E-state index is 11.4. The third kappa shape index (κ3) is 2.85. The van der Waals surface area contributed by atoms with Gasteiger partial charge < -0.3 is 9.32 Å². The molecule has 18 heavy (non-hydrogen) atoms. The smallest absolute Gasteiger partial charge is 0.232 e. The molecular weight excluding hydrogens is 248 g/mol. The average Bonchev–Trinajstić information content (AvgIpc) is 2.74. The minimum Gasteiger partial charge on any atom is -0.441 e. The van der Waals surface area contributed by atoms with Crippen molar-refractivity contribution in [2.45, 2.75) is 13.3 Å². The van der Waals surface area contributed by atoms with Crippen molar-refractivity contribution in [3.05, 3.63) is 29.7 Å². The monoisotopic (exact) mass is 264 g/mol. The van der Waals surface area contributed by atoms with Crippen LogP contribution < -0.4 is 0 Å². The molecule has 0 unspecified atom stereocenters. The minimum absolute atomic E-state index is 0.0370. The molecule has 2 rings (SSSR count). The Morgan fingerprint density at radius 2 is 2.28 bits per heavy atom. The summed E-state index contributed by atoms with van der Waals surface area (Å²) in [4.78, 5) is 17.3. The van der Waals surface area contributed by atoms with Crippen LogP contribution in [0.15, 0.2) is 22.6 Å². The highest BCUT2D eigenvalue weighted by Crippen LogP contribution is 2.17. The van der Waals surface area contributed by atoms with Gasteiger partial charge in [0.1, 0.15) is 5.52 Å². The number of thiol groups is 1. The quantitative estimate of drug-likeness (QED) is 0.860. The number of carbonyl (C=O) groups excluding carboxylic acids is 1. The van der Waals surface area contributed by atoms with Gasteiger partial charge in [0.2, 0.25) is 5.91 Å². The number of carbonyl (C=O) groups is 1. The van der Waals surface area contributed by atoms with Gasteiger partial charge in [-0.2, -0.15) is 12.6 Å². The van der Waals surface area contributed by atoms with Crippen molar-refractivity contribution in [1.82, 2.24) is 9.88 Å². The van der Waals surface area contributed by atoms with Crippen LogP contribution in [-0.2, 0) is 11.2 Å². The van der Waals surface area contributed by atoms with E-state index >= 15 is 0 Å². The van der Waals surface area contributed by atoms with E-state index in [0.29, 0.717) is 12.4 Å². The molecule has 1 aromatic heterocycles. The fraction of sp³-hybridized carbons (Fsp3) is 0.385. The summed E-state index contributed by atoms with van der Waals surface area (Å²) < 4.78 is 5.48. The zero-order valence-electron chi connectivity index (χ0n) is 10.5. The van der Waals surface area contributed by atoms with Gasteiger partial charge in [-0.1, -0.05) is 6.07 Å². The Kier molecular flexibility index (Phi) is 3.91. The zero-order valence-corrected chi connectivity index (χ0v) is 11.4. The maximum atomic E-state index is 11.4. The SMILES string of the molecule is Cc1nc2ccc(CCN(C)C(=O)CS)cc2o1. The molecule has 0 aliphatic heterocycles. The Morgan fingerprint density at radius 3 is 3.00 bits per heavy atom. The standard InChI is InChI=1S/C13H16N2O2S/c1-9-14-11-4-3-10(7-12(11)17-9)5-6-15(2)13(16)8-18/h3-4,7,18H,5-6,8H2,1-2H3. The van der Waals surface area contributed by atoms with Crippen molar-refractivity contribution in [2.75, 3.05) is 19.3 Å². The lowest BCUT2D eigenvalue weighted by Crippen LogP contribution is -2.29. The van der Waals surface area contributed by atoms with E-state index in [2.05, 4.69) is 17.6 Å². The summed E-state index contributed by atoms with van der Waals surface area (Å²) in [6.45, 7) is 2.51. The number of hydrogen-bond acceptors (Lipinski definition) is 4. The molecule has 96 valence electrons. The van der Waals surface area contributed by atoms with Crippen LogP contribution in [0.5, 0.6) is 0 Å². The molecule has 0 aliphatic carbocycles. The molecule has 0 N–H and O–H groups in total. The van der Waals surface area contributed by atoms with Crippen LogP contribution in [0.4, 0.5) is 0 Å². The van der Waals surface area contributed by atoms with Crippen LogP contribution >= 0.6 is 12.6 Å². The van der Waals surface area contributed by atoms with Crippen molar-refractivity contribution in [2.24, 2.45) is 0 Å². The number of amides is 1. The number of nitrogens with zero attached hydrogens (tertiary/aromatic N) is 2. The summed E-state index contributed by atoms with van der Waals surface area (Å²) >= 11 is 3.97. The minimum atomic E-state index is 0.0370. The number of hydrogen-bond donors (Lipinski definition) is 1. The van der Waals surface area contributed by atoms with Crippen LogP contribution in [0, 0.1) is 6.92 Å². The Bertz CT molecular complexity index is 565. The highest BCUT2D eigenvalue weighted by molar-refractivity contribution is 7.81. The van der Waals surface area contributed by atoms with Gasteiger partial charge in [-0.25, -0.2) is 4.98 Å². The molecular formula is C13H16N2O2S. The number of oxazole rings is 1. The van der Waals surface area contributed by atoms with Crippen LogP contribution in [0.2, 0.25) is 0 Å². The second-order valence-corrected chi connectivity index (χ2v) is 4.57. The van der Waals surface area contributed by atoms with E-state index in [1.54, 1.807) is 11.9 Å². The first kappa shape index (κ1) is 13.0. The first-order chi connectivity index (χ1) is 8.60. The van der Waals surface area contributed by atoms with Gasteiger partial charge >= 0.3 is 0 Å². The first-order valence-corrected chi connectivity index (χ1v) is 6.44. The van der Waals surface area contributed by atoms with Crippen LogP contribution in [0.3, 0.4) is 0 Å². The predicted octanol–water partition coefficient (Wildman–Crippen LogP) is 2.07. The molecule has 1 amide bonds. The highest BCUT2D eigenvalue weighted by Gasteiger charge is 2.07. The summed E-state index contributed by atoms with van der Waals surface area (Å²) in [5.41, 5.74) is 2.81. The van der Waals surface area contributed by atoms with Gasteiger partial charge in [-0.3, -0.25) is 4.79 Å². The summed E-state index contributed by atoms with van der Waals surface area (Å²) in [7, 11) is 1.79. The van der Waals surface area contributed by atoms with Crippen molar-refractivity contribution in [3.63, 3.8) is 0 Å². The van der Waals surface area contributed by atoms with E-state index in [-0.39, 0.29) is 11.7 Å². The highest BCUT2D eigenvalue weighted by atomic mass is 32.1. The summed E-state index contributed by atoms with van der Waals surface area (Å²) in [6.07, 6.45) is 0.797. The first-order valence-electron chi connectivity index (χ1n) is 5.81. The molecule has 0 spiro atoms. The van der Waals surface area contributed by atoms with E-state index in [9.17, 15) is 4.79 Å². The van der Waals surface area contributed by atoms with Gasteiger partial charge in [0.15, 0.2) is 11.5 Å². The van der Waals surface area contributed by atoms with Crippen molar-refractivity contribution < 1.29 is 9.21 Å². The molecule has 0 aliphatic rings. The largest absolute Gasteiger partial charge is 0.441 e. The lowest BCUT2D eigenvalue weighted by Gasteiger charge is -2.15. The average molecular weight is 264 g/mol. The third-order valence-corrected chi connectivity index (χ3v) is 3.13. The van der Waals surface area contributed by atoms with Crippen LogP contribution in [0.1, 0.15) is 11.5 Å². The molecule has 0 saturated heterocycles. The number of likely N-dealkylation sites (N-methyl/N-ethyl adjacent to an activating group) is 1. The molecule has 0 bridgehead atoms. The number of aromatic nitrogens is 1. The lowest BCUT2D eigenvalue weighted by atomic mass is 10.1. The Hall–Kier alpha value is -1.49. The normalized spacial score (nSPS) is 10.8. The Balaban J connectivity index is 2.05. The fourth-order valence-corrected chi connectivity index (χ4v) is 2.02. The lowest BCUT2D eigenvalue weighted by molar-refractivity contribution is -0.127. The second-order valence-electron chi connectivity index (χ2n) is 4.26. The predicted molar refractivity (Wildman–Crippen MR) is 73.9 cm³/mol. The third-order valence-electron chi connectivity index (χ3n) is 2.86. The number of fused-ring (bicyclic) bond motifs is 1.